The number of urea groups is 1. The standard InChI is InChI=1S/C13H19Cl2N2O4P/c1-8(2)20-22(19,21-9(3)4)17-13(18)16-12-6-10(14)5-11(15)7-12/h5-9H,1-4H3,(H2,16,17,18,19). The molecule has 0 aliphatic rings. The quantitative estimate of drug-likeness (QED) is 0.686. The maximum atomic E-state index is 12.5. The summed E-state index contributed by atoms with van der Waals surface area (Å²) in [4.78, 5) is 12.0. The van der Waals surface area contributed by atoms with Crippen LogP contribution in [0.3, 0.4) is 0 Å². The van der Waals surface area contributed by atoms with Gasteiger partial charge in [0.25, 0.3) is 0 Å². The van der Waals surface area contributed by atoms with Crippen LogP contribution in [0.5, 0.6) is 0 Å². The lowest BCUT2D eigenvalue weighted by atomic mass is 10.3. The van der Waals surface area contributed by atoms with Gasteiger partial charge >= 0.3 is 13.8 Å². The molecule has 1 aromatic carbocycles. The lowest BCUT2D eigenvalue weighted by Crippen LogP contribution is -2.29. The van der Waals surface area contributed by atoms with Gasteiger partial charge in [0, 0.05) is 15.7 Å². The Morgan fingerprint density at radius 3 is 1.91 bits per heavy atom. The Morgan fingerprint density at radius 2 is 1.50 bits per heavy atom. The Balaban J connectivity index is 2.80. The van der Waals surface area contributed by atoms with Crippen molar-refractivity contribution in [2.75, 3.05) is 5.32 Å². The summed E-state index contributed by atoms with van der Waals surface area (Å²) in [7, 11) is -3.78. The number of hydrogen-bond acceptors (Lipinski definition) is 4. The molecule has 0 spiro atoms. The Labute approximate surface area is 140 Å². The highest BCUT2D eigenvalue weighted by atomic mass is 35.5. The molecule has 0 atom stereocenters. The molecule has 2 amide bonds. The number of anilines is 1. The molecule has 2 N–H and O–H groups in total. The number of halogens is 2. The van der Waals surface area contributed by atoms with E-state index in [4.69, 9.17) is 32.2 Å². The largest absolute Gasteiger partial charge is 0.436 e. The maximum Gasteiger partial charge on any atom is 0.436 e. The van der Waals surface area contributed by atoms with Crippen molar-refractivity contribution in [3.05, 3.63) is 28.2 Å². The van der Waals surface area contributed by atoms with Gasteiger partial charge < -0.3 is 5.32 Å². The van der Waals surface area contributed by atoms with Crippen LogP contribution in [0.1, 0.15) is 27.7 Å². The third-order valence-electron chi connectivity index (χ3n) is 2.06. The van der Waals surface area contributed by atoms with Gasteiger partial charge in [-0.15, -0.1) is 0 Å². The molecule has 0 unspecified atom stereocenters. The van der Waals surface area contributed by atoms with Crippen LogP contribution in [0.15, 0.2) is 18.2 Å². The van der Waals surface area contributed by atoms with E-state index < -0.39 is 13.8 Å². The molecule has 22 heavy (non-hydrogen) atoms. The highest BCUT2D eigenvalue weighted by Gasteiger charge is 2.30. The van der Waals surface area contributed by atoms with Crippen LogP contribution in [0, 0.1) is 0 Å². The smallest absolute Gasteiger partial charge is 0.308 e. The molecular formula is C13H19Cl2N2O4P. The number of carbonyl (C=O) groups excluding carboxylic acids is 1. The summed E-state index contributed by atoms with van der Waals surface area (Å²) in [6, 6.07) is 3.79. The van der Waals surface area contributed by atoms with E-state index in [1.54, 1.807) is 27.7 Å². The van der Waals surface area contributed by atoms with Gasteiger partial charge in [0.05, 0.1) is 12.2 Å². The molecule has 0 aliphatic carbocycles. The van der Waals surface area contributed by atoms with Gasteiger partial charge in [-0.25, -0.2) is 14.4 Å². The van der Waals surface area contributed by atoms with Crippen LogP contribution >= 0.6 is 30.9 Å². The summed E-state index contributed by atoms with van der Waals surface area (Å²) >= 11 is 11.7. The summed E-state index contributed by atoms with van der Waals surface area (Å²) in [5.74, 6) is 0. The zero-order valence-electron chi connectivity index (χ0n) is 12.7. The van der Waals surface area contributed by atoms with Gasteiger partial charge in [0.2, 0.25) is 0 Å². The second-order valence-corrected chi connectivity index (χ2v) is 7.54. The Morgan fingerprint density at radius 1 is 1.05 bits per heavy atom. The topological polar surface area (TPSA) is 76.7 Å². The van der Waals surface area contributed by atoms with Crippen molar-refractivity contribution in [1.82, 2.24) is 5.09 Å². The third-order valence-corrected chi connectivity index (χ3v) is 4.37. The van der Waals surface area contributed by atoms with Gasteiger partial charge in [-0.2, -0.15) is 0 Å². The predicted molar refractivity (Wildman–Crippen MR) is 88.7 cm³/mol. The van der Waals surface area contributed by atoms with Crippen molar-refractivity contribution in [1.29, 1.82) is 0 Å². The van der Waals surface area contributed by atoms with E-state index in [0.29, 0.717) is 15.7 Å². The van der Waals surface area contributed by atoms with Crippen molar-refractivity contribution >= 4 is 42.7 Å². The van der Waals surface area contributed by atoms with Crippen molar-refractivity contribution < 1.29 is 18.4 Å². The Kier molecular flexibility index (Phi) is 7.16. The molecule has 0 bridgehead atoms. The first-order chi connectivity index (χ1) is 10.1. The minimum absolute atomic E-state index is 0.357. The van der Waals surface area contributed by atoms with Crippen LogP contribution in [0.4, 0.5) is 10.5 Å². The molecule has 0 heterocycles. The number of rotatable bonds is 6. The summed E-state index contributed by atoms with van der Waals surface area (Å²) in [5, 5.41) is 5.42. The molecule has 0 saturated heterocycles. The molecule has 6 nitrogen and oxygen atoms in total. The highest BCUT2D eigenvalue weighted by Crippen LogP contribution is 2.46. The summed E-state index contributed by atoms with van der Waals surface area (Å²) in [5.41, 5.74) is 0.357. The Hall–Kier alpha value is -0.780. The number of amides is 2. The second-order valence-electron chi connectivity index (χ2n) is 5.03. The monoisotopic (exact) mass is 368 g/mol. The highest BCUT2D eigenvalue weighted by molar-refractivity contribution is 7.52. The third kappa shape index (κ3) is 6.99. The summed E-state index contributed by atoms with van der Waals surface area (Å²) in [6.07, 6.45) is -0.768. The molecule has 124 valence electrons. The van der Waals surface area contributed by atoms with E-state index in [1.807, 2.05) is 0 Å². The summed E-state index contributed by atoms with van der Waals surface area (Å²) in [6.45, 7) is 6.75. The van der Waals surface area contributed by atoms with Gasteiger partial charge in [0.15, 0.2) is 0 Å². The first-order valence-electron chi connectivity index (χ1n) is 6.62. The van der Waals surface area contributed by atoms with Crippen LogP contribution in [0.2, 0.25) is 10.0 Å². The molecule has 1 rings (SSSR count). The van der Waals surface area contributed by atoms with E-state index in [2.05, 4.69) is 10.4 Å². The molecule has 0 aromatic heterocycles. The molecular weight excluding hydrogens is 350 g/mol. The number of nitrogens with one attached hydrogen (secondary N) is 2. The molecule has 0 radical (unpaired) electrons. The minimum Gasteiger partial charge on any atom is -0.308 e. The SMILES string of the molecule is CC(C)OP(=O)(NC(=O)Nc1cc(Cl)cc(Cl)c1)OC(C)C. The zero-order chi connectivity index (χ0) is 16.9. The van der Waals surface area contributed by atoms with E-state index in [9.17, 15) is 9.36 Å². The molecule has 0 saturated carbocycles. The van der Waals surface area contributed by atoms with E-state index in [-0.39, 0.29) is 12.2 Å². The van der Waals surface area contributed by atoms with Crippen LogP contribution < -0.4 is 10.4 Å². The van der Waals surface area contributed by atoms with Crippen LogP contribution in [0.25, 0.3) is 0 Å². The van der Waals surface area contributed by atoms with E-state index in [1.165, 1.54) is 18.2 Å². The van der Waals surface area contributed by atoms with Gasteiger partial charge in [-0.3, -0.25) is 9.05 Å². The van der Waals surface area contributed by atoms with Crippen LogP contribution in [-0.2, 0) is 13.6 Å². The second kappa shape index (κ2) is 8.18. The molecule has 9 heteroatoms. The van der Waals surface area contributed by atoms with Crippen molar-refractivity contribution in [2.24, 2.45) is 0 Å². The van der Waals surface area contributed by atoms with E-state index in [0.717, 1.165) is 0 Å². The summed E-state index contributed by atoms with van der Waals surface area (Å²) < 4.78 is 22.9. The van der Waals surface area contributed by atoms with Crippen molar-refractivity contribution in [2.45, 2.75) is 39.9 Å². The first-order valence-corrected chi connectivity index (χ1v) is 8.91. The fourth-order valence-electron chi connectivity index (χ4n) is 1.54. The number of carbonyl (C=O) groups is 1. The lowest BCUT2D eigenvalue weighted by Gasteiger charge is -2.23. The maximum absolute atomic E-state index is 12.5. The minimum atomic E-state index is -3.78. The van der Waals surface area contributed by atoms with Gasteiger partial charge in [0.1, 0.15) is 0 Å². The molecule has 1 aromatic rings. The van der Waals surface area contributed by atoms with Gasteiger partial charge in [-0.05, 0) is 45.9 Å². The van der Waals surface area contributed by atoms with Crippen molar-refractivity contribution in [3.63, 3.8) is 0 Å². The van der Waals surface area contributed by atoms with Gasteiger partial charge in [-0.1, -0.05) is 23.2 Å². The fourth-order valence-corrected chi connectivity index (χ4v) is 3.64. The average molecular weight is 369 g/mol. The van der Waals surface area contributed by atoms with Crippen LogP contribution in [-0.4, -0.2) is 18.2 Å². The van der Waals surface area contributed by atoms with E-state index >= 15 is 0 Å². The molecule has 0 aliphatic heterocycles. The van der Waals surface area contributed by atoms with Crippen molar-refractivity contribution in [3.8, 4) is 0 Å². The predicted octanol–water partition coefficient (Wildman–Crippen LogP) is 5.07. The normalized spacial score (nSPS) is 11.8. The zero-order valence-corrected chi connectivity index (χ0v) is 15.1. The fraction of sp³-hybridized carbons (Fsp3) is 0.462. The number of hydrogen-bond donors (Lipinski definition) is 2. The average Bonchev–Trinajstić information content (AvgIpc) is 2.22. The lowest BCUT2D eigenvalue weighted by molar-refractivity contribution is 0.137. The first kappa shape index (κ1) is 19.3. The Bertz CT molecular complexity index is 547. The molecule has 0 fully saturated rings. The number of benzene rings is 1.